The number of hydrogen-bond acceptors (Lipinski definition) is 3. The fourth-order valence-electron chi connectivity index (χ4n) is 2.06. The lowest BCUT2D eigenvalue weighted by Crippen LogP contribution is -2.14. The summed E-state index contributed by atoms with van der Waals surface area (Å²) in [6.45, 7) is 1.98. The molecule has 2 rings (SSSR count). The summed E-state index contributed by atoms with van der Waals surface area (Å²) in [6.07, 6.45) is 6.60. The molecule has 0 heterocycles. The van der Waals surface area contributed by atoms with E-state index in [4.69, 9.17) is 22.8 Å². The second kappa shape index (κ2) is 8.59. The van der Waals surface area contributed by atoms with Crippen molar-refractivity contribution in [2.45, 2.75) is 6.92 Å². The zero-order chi connectivity index (χ0) is 18.2. The molecule has 0 radical (unpaired) electrons. The molecule has 0 bridgehead atoms. The van der Waals surface area contributed by atoms with Gasteiger partial charge in [0.15, 0.2) is 0 Å². The van der Waals surface area contributed by atoms with Crippen LogP contribution in [0.25, 0.3) is 6.08 Å². The molecule has 0 unspecified atom stereocenters. The van der Waals surface area contributed by atoms with Crippen LogP contribution in [0.2, 0.25) is 5.02 Å². The van der Waals surface area contributed by atoms with E-state index >= 15 is 0 Å². The highest BCUT2D eigenvalue weighted by Gasteiger charge is 2.11. The molecule has 0 spiro atoms. The Hall–Kier alpha value is -3.21. The second-order valence-corrected chi connectivity index (χ2v) is 5.53. The van der Waals surface area contributed by atoms with Gasteiger partial charge in [-0.1, -0.05) is 41.8 Å². The Kier molecular flexibility index (Phi) is 6.23. The number of ether oxygens (including phenoxy) is 1. The van der Waals surface area contributed by atoms with Crippen molar-refractivity contribution in [2.75, 3.05) is 11.9 Å². The fourth-order valence-corrected chi connectivity index (χ4v) is 2.30. The maximum absolute atomic E-state index is 12.3. The van der Waals surface area contributed by atoms with Crippen molar-refractivity contribution in [3.63, 3.8) is 0 Å². The molecule has 0 saturated carbocycles. The molecule has 0 aromatic heterocycles. The molecule has 0 fully saturated rings. The highest BCUT2D eigenvalue weighted by atomic mass is 35.5. The number of halogens is 1. The summed E-state index contributed by atoms with van der Waals surface area (Å²) >= 11 is 6.12. The SMILES string of the molecule is C#CCOc1ccc(/C=C(\C#N)C(=O)Nc2ccccc2C)cc1Cl. The third kappa shape index (κ3) is 4.88. The van der Waals surface area contributed by atoms with Crippen molar-refractivity contribution in [3.8, 4) is 24.2 Å². The summed E-state index contributed by atoms with van der Waals surface area (Å²) in [5.74, 6) is 2.31. The number of terminal acetylenes is 1. The first-order chi connectivity index (χ1) is 12.0. The van der Waals surface area contributed by atoms with Gasteiger partial charge in [-0.05, 0) is 42.3 Å². The Morgan fingerprint density at radius 3 is 2.76 bits per heavy atom. The van der Waals surface area contributed by atoms with Gasteiger partial charge in [0.25, 0.3) is 5.91 Å². The Bertz CT molecular complexity index is 905. The first-order valence-corrected chi connectivity index (χ1v) is 7.77. The van der Waals surface area contributed by atoms with Crippen molar-refractivity contribution in [3.05, 3.63) is 64.2 Å². The van der Waals surface area contributed by atoms with Gasteiger partial charge in [0.05, 0.1) is 5.02 Å². The number of nitriles is 1. The van der Waals surface area contributed by atoms with Crippen LogP contribution in [-0.4, -0.2) is 12.5 Å². The Morgan fingerprint density at radius 1 is 1.36 bits per heavy atom. The lowest BCUT2D eigenvalue weighted by Gasteiger charge is -2.08. The number of anilines is 1. The molecule has 0 aliphatic heterocycles. The Balaban J connectivity index is 2.21. The number of nitrogens with zero attached hydrogens (tertiary/aromatic N) is 1. The minimum Gasteiger partial charge on any atom is -0.479 e. The second-order valence-electron chi connectivity index (χ2n) is 5.12. The molecule has 124 valence electrons. The van der Waals surface area contributed by atoms with Crippen molar-refractivity contribution >= 4 is 29.3 Å². The topological polar surface area (TPSA) is 62.1 Å². The van der Waals surface area contributed by atoms with E-state index < -0.39 is 5.91 Å². The number of carbonyl (C=O) groups excluding carboxylic acids is 1. The van der Waals surface area contributed by atoms with Crippen LogP contribution in [0.4, 0.5) is 5.69 Å². The predicted molar refractivity (Wildman–Crippen MR) is 99.2 cm³/mol. The first-order valence-electron chi connectivity index (χ1n) is 7.39. The number of rotatable bonds is 5. The minimum absolute atomic E-state index is 0.0309. The van der Waals surface area contributed by atoms with Crippen LogP contribution in [-0.2, 0) is 4.79 Å². The standard InChI is InChI=1S/C20H15ClN2O2/c1-3-10-25-19-9-8-15(12-17(19)21)11-16(13-22)20(24)23-18-7-5-4-6-14(18)2/h1,4-9,11-12H,10H2,2H3,(H,23,24)/b16-11+. The number of amides is 1. The molecule has 4 nitrogen and oxygen atoms in total. The lowest BCUT2D eigenvalue weighted by atomic mass is 10.1. The molecule has 1 amide bonds. The Labute approximate surface area is 151 Å². The summed E-state index contributed by atoms with van der Waals surface area (Å²) in [6, 6.07) is 14.2. The maximum Gasteiger partial charge on any atom is 0.266 e. The largest absolute Gasteiger partial charge is 0.479 e. The van der Waals surface area contributed by atoms with Crippen LogP contribution in [0.1, 0.15) is 11.1 Å². The lowest BCUT2D eigenvalue weighted by molar-refractivity contribution is -0.112. The van der Waals surface area contributed by atoms with E-state index in [9.17, 15) is 10.1 Å². The molecule has 0 aliphatic rings. The molecular weight excluding hydrogens is 336 g/mol. The predicted octanol–water partition coefficient (Wildman–Crippen LogP) is 4.21. The number of carbonyl (C=O) groups is 1. The Morgan fingerprint density at radius 2 is 2.12 bits per heavy atom. The summed E-state index contributed by atoms with van der Waals surface area (Å²) in [5.41, 5.74) is 2.14. The number of para-hydroxylation sites is 1. The zero-order valence-electron chi connectivity index (χ0n) is 13.5. The number of nitrogens with one attached hydrogen (secondary N) is 1. The molecule has 25 heavy (non-hydrogen) atoms. The van der Waals surface area contributed by atoms with Gasteiger partial charge in [0.1, 0.15) is 24.0 Å². The molecule has 0 saturated heterocycles. The summed E-state index contributed by atoms with van der Waals surface area (Å²) in [5, 5.41) is 12.4. The van der Waals surface area contributed by atoms with E-state index in [1.807, 2.05) is 31.2 Å². The van der Waals surface area contributed by atoms with Gasteiger partial charge < -0.3 is 10.1 Å². The van der Waals surface area contributed by atoms with Crippen molar-refractivity contribution in [1.82, 2.24) is 0 Å². The van der Waals surface area contributed by atoms with Crippen LogP contribution >= 0.6 is 11.6 Å². The highest BCUT2D eigenvalue weighted by Crippen LogP contribution is 2.26. The summed E-state index contributed by atoms with van der Waals surface area (Å²) in [7, 11) is 0. The van der Waals surface area contributed by atoms with Crippen LogP contribution in [0.3, 0.4) is 0 Å². The highest BCUT2D eigenvalue weighted by molar-refractivity contribution is 6.32. The average Bonchev–Trinajstić information content (AvgIpc) is 2.60. The van der Waals surface area contributed by atoms with Gasteiger partial charge in [-0.25, -0.2) is 0 Å². The molecule has 1 N–H and O–H groups in total. The molecule has 2 aromatic carbocycles. The zero-order valence-corrected chi connectivity index (χ0v) is 14.3. The normalized spacial score (nSPS) is 10.5. The minimum atomic E-state index is -0.486. The molecule has 5 heteroatoms. The number of hydrogen-bond donors (Lipinski definition) is 1. The molecule has 0 atom stereocenters. The fraction of sp³-hybridized carbons (Fsp3) is 0.100. The van der Waals surface area contributed by atoms with Gasteiger partial charge in [-0.3, -0.25) is 4.79 Å². The maximum atomic E-state index is 12.3. The number of aryl methyl sites for hydroxylation is 1. The first kappa shape index (κ1) is 18.1. The quantitative estimate of drug-likeness (QED) is 0.499. The van der Waals surface area contributed by atoms with E-state index in [1.165, 1.54) is 6.08 Å². The smallest absolute Gasteiger partial charge is 0.266 e. The van der Waals surface area contributed by atoms with Gasteiger partial charge in [-0.15, -0.1) is 6.42 Å². The van der Waals surface area contributed by atoms with Crippen molar-refractivity contribution < 1.29 is 9.53 Å². The van der Waals surface area contributed by atoms with Gasteiger partial charge in [0.2, 0.25) is 0 Å². The third-order valence-electron chi connectivity index (χ3n) is 3.34. The monoisotopic (exact) mass is 350 g/mol. The van der Waals surface area contributed by atoms with Crippen molar-refractivity contribution in [2.24, 2.45) is 0 Å². The molecule has 0 aliphatic carbocycles. The van der Waals surface area contributed by atoms with Crippen molar-refractivity contribution in [1.29, 1.82) is 5.26 Å². The van der Waals surface area contributed by atoms with Crippen LogP contribution < -0.4 is 10.1 Å². The summed E-state index contributed by atoms with van der Waals surface area (Å²) < 4.78 is 5.28. The van der Waals surface area contributed by atoms with E-state index in [0.29, 0.717) is 22.0 Å². The number of benzene rings is 2. The van der Waals surface area contributed by atoms with Crippen LogP contribution in [0.5, 0.6) is 5.75 Å². The van der Waals surface area contributed by atoms with Crippen LogP contribution in [0.15, 0.2) is 48.0 Å². The van der Waals surface area contributed by atoms with Gasteiger partial charge >= 0.3 is 0 Å². The summed E-state index contributed by atoms with van der Waals surface area (Å²) in [4.78, 5) is 12.3. The van der Waals surface area contributed by atoms with Crippen LogP contribution in [0, 0.1) is 30.6 Å². The van der Waals surface area contributed by atoms with Gasteiger partial charge in [0, 0.05) is 5.69 Å². The van der Waals surface area contributed by atoms with E-state index in [1.54, 1.807) is 24.3 Å². The van der Waals surface area contributed by atoms with Gasteiger partial charge in [-0.2, -0.15) is 5.26 Å². The molecule has 2 aromatic rings. The van der Waals surface area contributed by atoms with E-state index in [-0.39, 0.29) is 12.2 Å². The van der Waals surface area contributed by atoms with E-state index in [2.05, 4.69) is 11.2 Å². The van der Waals surface area contributed by atoms with E-state index in [0.717, 1.165) is 5.56 Å². The molecular formula is C20H15ClN2O2. The third-order valence-corrected chi connectivity index (χ3v) is 3.63. The average molecular weight is 351 g/mol.